The van der Waals surface area contributed by atoms with Crippen LogP contribution in [-0.4, -0.2) is 46.7 Å². The second kappa shape index (κ2) is 4.38. The molecule has 0 saturated carbocycles. The third-order valence-electron chi connectivity index (χ3n) is 2.01. The molecule has 1 N–H and O–H groups in total. The van der Waals surface area contributed by atoms with Gasteiger partial charge in [0.25, 0.3) is 0 Å². The molecule has 1 heterocycles. The van der Waals surface area contributed by atoms with E-state index < -0.39 is 33.2 Å². The minimum Gasteiger partial charge on any atom is -0.480 e. The summed E-state index contributed by atoms with van der Waals surface area (Å²) in [6.45, 7) is 1.61. The maximum atomic E-state index is 11.6. The van der Waals surface area contributed by atoms with Crippen LogP contribution in [-0.2, 0) is 14.8 Å². The zero-order valence-corrected chi connectivity index (χ0v) is 9.58. The Hall–Kier alpha value is -0.780. The van der Waals surface area contributed by atoms with Crippen molar-refractivity contribution >= 4 is 27.8 Å². The lowest BCUT2D eigenvalue weighted by Crippen LogP contribution is -2.45. The fourth-order valence-corrected chi connectivity index (χ4v) is 4.43. The number of rotatable bonds is 3. The van der Waals surface area contributed by atoms with Crippen molar-refractivity contribution in [2.45, 2.75) is 18.3 Å². The molecule has 0 amide bonds. The van der Waals surface area contributed by atoms with Crippen LogP contribution in [0.3, 0.4) is 0 Å². The molecular formula is C7H10N2O4S2. The molecule has 1 saturated heterocycles. The summed E-state index contributed by atoms with van der Waals surface area (Å²) in [6.07, 6.45) is 0. The molecule has 1 rings (SSSR count). The lowest BCUT2D eigenvalue weighted by Gasteiger charge is -2.22. The van der Waals surface area contributed by atoms with Crippen LogP contribution in [0.2, 0.25) is 0 Å². The van der Waals surface area contributed by atoms with Gasteiger partial charge in [-0.05, 0) is 6.92 Å². The second-order valence-corrected chi connectivity index (χ2v) is 6.25. The number of aliphatic carboxylic acids is 1. The minimum atomic E-state index is -3.78. The van der Waals surface area contributed by atoms with Gasteiger partial charge in [-0.25, -0.2) is 8.42 Å². The van der Waals surface area contributed by atoms with Crippen molar-refractivity contribution in [1.29, 1.82) is 5.26 Å². The number of hydrogen-bond donors (Lipinski definition) is 1. The molecule has 1 fully saturated rings. The Bertz CT molecular complexity index is 400. The summed E-state index contributed by atoms with van der Waals surface area (Å²) in [6, 6.07) is 0.481. The van der Waals surface area contributed by atoms with Gasteiger partial charge in [0.1, 0.15) is 6.04 Å². The van der Waals surface area contributed by atoms with Gasteiger partial charge in [-0.15, -0.1) is 11.8 Å². The highest BCUT2D eigenvalue weighted by Crippen LogP contribution is 2.31. The van der Waals surface area contributed by atoms with Crippen LogP contribution >= 0.6 is 11.8 Å². The van der Waals surface area contributed by atoms with Crippen LogP contribution < -0.4 is 0 Å². The molecule has 84 valence electrons. The molecule has 0 spiro atoms. The second-order valence-electron chi connectivity index (χ2n) is 3.03. The third-order valence-corrected chi connectivity index (χ3v) is 5.07. The molecule has 2 atom stereocenters. The standard InChI is InChI=1S/C7H10N2O4S2/c1-5-9(15(12,13)3-2-8)6(4-14-5)7(10)11/h5-6H,3-4H2,1H3,(H,10,11). The van der Waals surface area contributed by atoms with Crippen molar-refractivity contribution in [2.24, 2.45) is 0 Å². The number of nitrogens with zero attached hydrogens (tertiary/aromatic N) is 2. The zero-order chi connectivity index (χ0) is 11.6. The molecule has 0 radical (unpaired) electrons. The molecule has 0 bridgehead atoms. The quantitative estimate of drug-likeness (QED) is 0.737. The summed E-state index contributed by atoms with van der Waals surface area (Å²) < 4.78 is 24.1. The average Bonchev–Trinajstić information content (AvgIpc) is 2.47. The maximum absolute atomic E-state index is 11.6. The highest BCUT2D eigenvalue weighted by atomic mass is 32.2. The van der Waals surface area contributed by atoms with Gasteiger partial charge in [0.05, 0.1) is 11.4 Å². The van der Waals surface area contributed by atoms with Gasteiger partial charge in [-0.1, -0.05) is 0 Å². The Balaban J connectivity index is 3.01. The Morgan fingerprint density at radius 2 is 2.33 bits per heavy atom. The van der Waals surface area contributed by atoms with Gasteiger partial charge in [-0.3, -0.25) is 4.79 Å². The van der Waals surface area contributed by atoms with Gasteiger partial charge in [0.15, 0.2) is 5.75 Å². The number of nitriles is 1. The summed E-state index contributed by atoms with van der Waals surface area (Å²) in [4.78, 5) is 10.8. The van der Waals surface area contributed by atoms with Crippen molar-refractivity contribution in [3.8, 4) is 6.07 Å². The number of carboxylic acids is 1. The molecule has 0 aliphatic carbocycles. The fraction of sp³-hybridized carbons (Fsp3) is 0.714. The Morgan fingerprint density at radius 1 is 1.73 bits per heavy atom. The molecule has 2 unspecified atom stereocenters. The van der Waals surface area contributed by atoms with Gasteiger partial charge in [0, 0.05) is 5.75 Å². The molecule has 1 aliphatic heterocycles. The largest absolute Gasteiger partial charge is 0.480 e. The first-order chi connectivity index (χ1) is 6.90. The van der Waals surface area contributed by atoms with Crippen molar-refractivity contribution < 1.29 is 18.3 Å². The Labute approximate surface area is 91.9 Å². The molecule has 15 heavy (non-hydrogen) atoms. The third kappa shape index (κ3) is 2.42. The number of carbonyl (C=O) groups is 1. The average molecular weight is 250 g/mol. The van der Waals surface area contributed by atoms with Crippen molar-refractivity contribution in [1.82, 2.24) is 4.31 Å². The van der Waals surface area contributed by atoms with Crippen LogP contribution in [0.5, 0.6) is 0 Å². The summed E-state index contributed by atoms with van der Waals surface area (Å²) in [5.41, 5.74) is 0. The lowest BCUT2D eigenvalue weighted by atomic mass is 10.3. The van der Waals surface area contributed by atoms with E-state index in [1.54, 1.807) is 6.92 Å². The van der Waals surface area contributed by atoms with Crippen molar-refractivity contribution in [3.63, 3.8) is 0 Å². The molecule has 0 aromatic rings. The molecule has 8 heteroatoms. The van der Waals surface area contributed by atoms with E-state index in [1.165, 1.54) is 17.8 Å². The fourth-order valence-electron chi connectivity index (χ4n) is 1.39. The van der Waals surface area contributed by atoms with Crippen LogP contribution in [0.25, 0.3) is 0 Å². The SMILES string of the molecule is CC1SCC(C(=O)O)N1S(=O)(=O)CC#N. The van der Waals surface area contributed by atoms with E-state index in [9.17, 15) is 13.2 Å². The van der Waals surface area contributed by atoms with Crippen LogP contribution in [0.15, 0.2) is 0 Å². The monoisotopic (exact) mass is 250 g/mol. The van der Waals surface area contributed by atoms with Gasteiger partial charge in [0.2, 0.25) is 10.0 Å². The van der Waals surface area contributed by atoms with Crippen LogP contribution in [0.4, 0.5) is 0 Å². The first kappa shape index (κ1) is 12.3. The Kier molecular flexibility index (Phi) is 3.59. The van der Waals surface area contributed by atoms with E-state index in [0.29, 0.717) is 0 Å². The van der Waals surface area contributed by atoms with Crippen molar-refractivity contribution in [2.75, 3.05) is 11.5 Å². The van der Waals surface area contributed by atoms with Gasteiger partial charge >= 0.3 is 5.97 Å². The van der Waals surface area contributed by atoms with E-state index in [4.69, 9.17) is 10.4 Å². The molecule has 0 aromatic heterocycles. The highest BCUT2D eigenvalue weighted by Gasteiger charge is 2.43. The van der Waals surface area contributed by atoms with E-state index in [0.717, 1.165) is 4.31 Å². The summed E-state index contributed by atoms with van der Waals surface area (Å²) in [7, 11) is -3.78. The Morgan fingerprint density at radius 3 is 2.80 bits per heavy atom. The normalized spacial score (nSPS) is 27.5. The summed E-state index contributed by atoms with van der Waals surface area (Å²) in [5.74, 6) is -1.63. The number of carboxylic acid groups (broad SMARTS) is 1. The van der Waals surface area contributed by atoms with E-state index in [-0.39, 0.29) is 5.75 Å². The van der Waals surface area contributed by atoms with E-state index in [1.807, 2.05) is 0 Å². The summed E-state index contributed by atoms with van der Waals surface area (Å²) >= 11 is 1.25. The predicted molar refractivity (Wildman–Crippen MR) is 54.6 cm³/mol. The number of sulfonamides is 1. The smallest absolute Gasteiger partial charge is 0.322 e. The van der Waals surface area contributed by atoms with E-state index in [2.05, 4.69) is 0 Å². The first-order valence-electron chi connectivity index (χ1n) is 4.12. The van der Waals surface area contributed by atoms with Gasteiger partial charge in [-0.2, -0.15) is 9.57 Å². The number of thioether (sulfide) groups is 1. The highest BCUT2D eigenvalue weighted by molar-refractivity contribution is 8.01. The lowest BCUT2D eigenvalue weighted by molar-refractivity contribution is -0.140. The van der Waals surface area contributed by atoms with Crippen molar-refractivity contribution in [3.05, 3.63) is 0 Å². The molecule has 0 aromatic carbocycles. The molecular weight excluding hydrogens is 240 g/mol. The minimum absolute atomic E-state index is 0.223. The van der Waals surface area contributed by atoms with E-state index >= 15 is 0 Å². The zero-order valence-electron chi connectivity index (χ0n) is 7.95. The first-order valence-corrected chi connectivity index (χ1v) is 6.78. The summed E-state index contributed by atoms with van der Waals surface area (Å²) in [5, 5.41) is 16.8. The maximum Gasteiger partial charge on any atom is 0.322 e. The molecule has 1 aliphatic rings. The molecule has 6 nitrogen and oxygen atoms in total. The number of hydrogen-bond acceptors (Lipinski definition) is 5. The van der Waals surface area contributed by atoms with Crippen LogP contribution in [0, 0.1) is 11.3 Å². The van der Waals surface area contributed by atoms with Gasteiger partial charge < -0.3 is 5.11 Å². The van der Waals surface area contributed by atoms with Crippen LogP contribution in [0.1, 0.15) is 6.92 Å². The predicted octanol–water partition coefficient (Wildman–Crippen LogP) is -0.312. The topological polar surface area (TPSA) is 98.5 Å².